The number of likely N-dealkylation sites (tertiary alicyclic amines) is 1. The highest BCUT2D eigenvalue weighted by molar-refractivity contribution is 6.32. The van der Waals surface area contributed by atoms with Crippen molar-refractivity contribution in [2.75, 3.05) is 11.9 Å². The third-order valence-electron chi connectivity index (χ3n) is 5.44. The Morgan fingerprint density at radius 1 is 0.967 bits per heavy atom. The Labute approximate surface area is 185 Å². The molecule has 0 saturated carbocycles. The number of nitrogens with zero attached hydrogens (tertiary/aromatic N) is 1. The molecule has 0 spiro atoms. The molecule has 2 atom stereocenters. The van der Waals surface area contributed by atoms with Crippen LogP contribution in [-0.2, 0) is 4.79 Å². The van der Waals surface area contributed by atoms with E-state index in [-0.39, 0.29) is 17.6 Å². The number of carbonyl (C=O) groups excluding carboxylic acids is 1. The van der Waals surface area contributed by atoms with Crippen LogP contribution in [0.5, 0.6) is 0 Å². The van der Waals surface area contributed by atoms with Gasteiger partial charge in [-0.15, -0.1) is 0 Å². The van der Waals surface area contributed by atoms with Gasteiger partial charge in [0.05, 0.1) is 11.7 Å². The second-order valence-electron chi connectivity index (χ2n) is 7.29. The van der Waals surface area contributed by atoms with Crippen LogP contribution in [-0.4, -0.2) is 17.4 Å². The van der Waals surface area contributed by atoms with Gasteiger partial charge < -0.3 is 10.2 Å². The molecular formula is C24H21Cl2FN2O. The van der Waals surface area contributed by atoms with Crippen LogP contribution in [0.1, 0.15) is 36.1 Å². The molecule has 3 aromatic rings. The fourth-order valence-corrected chi connectivity index (χ4v) is 4.49. The lowest BCUT2D eigenvalue weighted by atomic mass is 10.0. The molecule has 0 bridgehead atoms. The monoisotopic (exact) mass is 442 g/mol. The lowest BCUT2D eigenvalue weighted by Crippen LogP contribution is -2.38. The van der Waals surface area contributed by atoms with Crippen molar-refractivity contribution >= 4 is 34.8 Å². The van der Waals surface area contributed by atoms with Gasteiger partial charge in [0.15, 0.2) is 0 Å². The van der Waals surface area contributed by atoms with E-state index in [2.05, 4.69) is 5.32 Å². The molecule has 6 heteroatoms. The van der Waals surface area contributed by atoms with Crippen LogP contribution in [0.25, 0.3) is 0 Å². The van der Waals surface area contributed by atoms with Gasteiger partial charge in [-0.1, -0.05) is 71.7 Å². The lowest BCUT2D eigenvalue weighted by Gasteiger charge is -2.31. The number of hydrogen-bond acceptors (Lipinski definition) is 2. The average Bonchev–Trinajstić information content (AvgIpc) is 3.23. The number of anilines is 1. The van der Waals surface area contributed by atoms with E-state index in [1.807, 2.05) is 35.2 Å². The van der Waals surface area contributed by atoms with Gasteiger partial charge in [0.2, 0.25) is 5.91 Å². The standard InChI is InChI=1S/C24H21Cl2FN2O/c25-18-10-3-1-8-16(18)22-14-7-15-29(22)24(30)23(17-9-2-4-11-19(17)26)28-21-13-6-5-12-20(21)27/h1-6,8-13,22-23,28H,7,14-15H2. The number of halogens is 3. The van der Waals surface area contributed by atoms with Crippen molar-refractivity contribution in [2.45, 2.75) is 24.9 Å². The number of amides is 1. The molecule has 30 heavy (non-hydrogen) atoms. The molecule has 1 fully saturated rings. The Morgan fingerprint density at radius 2 is 1.63 bits per heavy atom. The summed E-state index contributed by atoms with van der Waals surface area (Å²) in [5.41, 5.74) is 1.79. The van der Waals surface area contributed by atoms with E-state index in [1.54, 1.807) is 36.4 Å². The fraction of sp³-hybridized carbons (Fsp3) is 0.208. The highest BCUT2D eigenvalue weighted by Crippen LogP contribution is 2.38. The normalized spacial score (nSPS) is 17.0. The van der Waals surface area contributed by atoms with Crippen LogP contribution in [0.2, 0.25) is 10.0 Å². The Kier molecular flexibility index (Phi) is 6.26. The third kappa shape index (κ3) is 4.16. The van der Waals surface area contributed by atoms with Crippen LogP contribution in [0, 0.1) is 5.82 Å². The van der Waals surface area contributed by atoms with Crippen molar-refractivity contribution in [1.29, 1.82) is 0 Å². The molecule has 154 valence electrons. The van der Waals surface area contributed by atoms with Crippen molar-refractivity contribution < 1.29 is 9.18 Å². The van der Waals surface area contributed by atoms with E-state index in [9.17, 15) is 9.18 Å². The molecule has 1 heterocycles. The molecule has 2 unspecified atom stereocenters. The summed E-state index contributed by atoms with van der Waals surface area (Å²) in [7, 11) is 0. The molecule has 4 rings (SSSR count). The summed E-state index contributed by atoms with van der Waals surface area (Å²) in [5.74, 6) is -0.583. The topological polar surface area (TPSA) is 32.3 Å². The molecule has 1 amide bonds. The van der Waals surface area contributed by atoms with Crippen LogP contribution in [0.4, 0.5) is 10.1 Å². The Balaban J connectivity index is 1.71. The average molecular weight is 443 g/mol. The number of hydrogen-bond donors (Lipinski definition) is 1. The highest BCUT2D eigenvalue weighted by Gasteiger charge is 2.36. The van der Waals surface area contributed by atoms with Gasteiger partial charge in [0.1, 0.15) is 11.9 Å². The van der Waals surface area contributed by atoms with E-state index in [1.165, 1.54) is 6.07 Å². The van der Waals surface area contributed by atoms with Gasteiger partial charge >= 0.3 is 0 Å². The number of benzene rings is 3. The Morgan fingerprint density at radius 3 is 2.37 bits per heavy atom. The maximum atomic E-state index is 14.4. The van der Waals surface area contributed by atoms with E-state index >= 15 is 0 Å². The van der Waals surface area contributed by atoms with Crippen LogP contribution in [0.15, 0.2) is 72.8 Å². The maximum absolute atomic E-state index is 14.4. The second kappa shape index (κ2) is 9.07. The number of rotatable bonds is 5. The Bertz CT molecular complexity index is 1060. The van der Waals surface area contributed by atoms with Crippen LogP contribution >= 0.6 is 23.2 Å². The first kappa shape index (κ1) is 20.7. The zero-order valence-electron chi connectivity index (χ0n) is 16.2. The quantitative estimate of drug-likeness (QED) is 0.479. The molecule has 1 aliphatic rings. The number of carbonyl (C=O) groups is 1. The van der Waals surface area contributed by atoms with Crippen molar-refractivity contribution in [3.05, 3.63) is 99.8 Å². The molecule has 3 nitrogen and oxygen atoms in total. The zero-order chi connectivity index (χ0) is 21.1. The first-order chi connectivity index (χ1) is 14.6. The predicted octanol–water partition coefficient (Wildman–Crippen LogP) is 6.65. The predicted molar refractivity (Wildman–Crippen MR) is 119 cm³/mol. The summed E-state index contributed by atoms with van der Waals surface area (Å²) < 4.78 is 14.4. The summed E-state index contributed by atoms with van der Waals surface area (Å²) in [6.07, 6.45) is 1.70. The smallest absolute Gasteiger partial charge is 0.250 e. The van der Waals surface area contributed by atoms with E-state index in [0.717, 1.165) is 18.4 Å². The molecule has 1 N–H and O–H groups in total. The number of nitrogens with one attached hydrogen (secondary N) is 1. The van der Waals surface area contributed by atoms with E-state index in [4.69, 9.17) is 23.2 Å². The number of para-hydroxylation sites is 1. The second-order valence-corrected chi connectivity index (χ2v) is 8.10. The SMILES string of the molecule is O=C(C(Nc1ccccc1F)c1ccccc1Cl)N1CCCC1c1ccccc1Cl. The Hall–Kier alpha value is -2.56. The van der Waals surface area contributed by atoms with Gasteiger partial charge in [0.25, 0.3) is 0 Å². The first-order valence-electron chi connectivity index (χ1n) is 9.86. The third-order valence-corrected chi connectivity index (χ3v) is 6.13. The van der Waals surface area contributed by atoms with Crippen molar-refractivity contribution in [2.24, 2.45) is 0 Å². The summed E-state index contributed by atoms with van der Waals surface area (Å²) in [6, 6.07) is 20.1. The molecule has 0 radical (unpaired) electrons. The van der Waals surface area contributed by atoms with Gasteiger partial charge in [-0.25, -0.2) is 4.39 Å². The summed E-state index contributed by atoms with van der Waals surface area (Å²) in [4.78, 5) is 15.6. The van der Waals surface area contributed by atoms with E-state index < -0.39 is 11.9 Å². The summed E-state index contributed by atoms with van der Waals surface area (Å²) in [5, 5.41) is 4.17. The highest BCUT2D eigenvalue weighted by atomic mass is 35.5. The minimum Gasteiger partial charge on any atom is -0.368 e. The van der Waals surface area contributed by atoms with Crippen LogP contribution in [0.3, 0.4) is 0 Å². The molecule has 0 aromatic heterocycles. The van der Waals surface area contributed by atoms with Gasteiger partial charge in [-0.3, -0.25) is 4.79 Å². The van der Waals surface area contributed by atoms with Crippen LogP contribution < -0.4 is 5.32 Å². The minimum absolute atomic E-state index is 0.126. The maximum Gasteiger partial charge on any atom is 0.250 e. The molecule has 3 aromatic carbocycles. The van der Waals surface area contributed by atoms with Gasteiger partial charge in [-0.05, 0) is 42.7 Å². The van der Waals surface area contributed by atoms with Crippen molar-refractivity contribution in [3.63, 3.8) is 0 Å². The summed E-state index contributed by atoms with van der Waals surface area (Å²) >= 11 is 12.9. The lowest BCUT2D eigenvalue weighted by molar-refractivity contribution is -0.133. The van der Waals surface area contributed by atoms with Crippen molar-refractivity contribution in [3.8, 4) is 0 Å². The fourth-order valence-electron chi connectivity index (χ4n) is 3.98. The first-order valence-corrected chi connectivity index (χ1v) is 10.6. The molecule has 0 aliphatic carbocycles. The van der Waals surface area contributed by atoms with Gasteiger partial charge in [0, 0.05) is 22.2 Å². The zero-order valence-corrected chi connectivity index (χ0v) is 17.7. The van der Waals surface area contributed by atoms with Crippen molar-refractivity contribution in [1.82, 2.24) is 4.90 Å². The van der Waals surface area contributed by atoms with E-state index in [0.29, 0.717) is 22.2 Å². The summed E-state index contributed by atoms with van der Waals surface area (Å²) in [6.45, 7) is 0.606. The molecule has 1 saturated heterocycles. The molecular weight excluding hydrogens is 422 g/mol. The molecule has 1 aliphatic heterocycles. The largest absolute Gasteiger partial charge is 0.368 e. The van der Waals surface area contributed by atoms with Gasteiger partial charge in [-0.2, -0.15) is 0 Å². The minimum atomic E-state index is -0.821.